The molecule has 8 nitrogen and oxygen atoms in total. The Bertz CT molecular complexity index is 959. The van der Waals surface area contributed by atoms with Crippen molar-refractivity contribution >= 4 is 17.5 Å². The van der Waals surface area contributed by atoms with Crippen molar-refractivity contribution in [1.29, 1.82) is 0 Å². The lowest BCUT2D eigenvalue weighted by molar-refractivity contribution is -0.487. The van der Waals surface area contributed by atoms with Crippen LogP contribution < -0.4 is 4.74 Å². The van der Waals surface area contributed by atoms with E-state index < -0.39 is 23.8 Å². The molecule has 4 bridgehead atoms. The Kier molecular flexibility index (Phi) is 6.87. The van der Waals surface area contributed by atoms with Crippen LogP contribution in [-0.2, 0) is 28.8 Å². The van der Waals surface area contributed by atoms with Gasteiger partial charge in [0.05, 0.1) is 19.4 Å². The fourth-order valence-corrected chi connectivity index (χ4v) is 6.66. The molecule has 1 saturated heterocycles. The summed E-state index contributed by atoms with van der Waals surface area (Å²) in [5, 5.41) is 8.67. The lowest BCUT2D eigenvalue weighted by Gasteiger charge is -2.60. The predicted octanol–water partition coefficient (Wildman–Crippen LogP) is 4.76. The lowest BCUT2D eigenvalue weighted by Crippen LogP contribution is -2.63. The van der Waals surface area contributed by atoms with Gasteiger partial charge in [0.15, 0.2) is 0 Å². The minimum absolute atomic E-state index is 0.00619. The molecule has 8 heteroatoms. The number of carboxylic acids is 1. The van der Waals surface area contributed by atoms with Crippen molar-refractivity contribution < 1.29 is 38.7 Å². The molecule has 4 saturated carbocycles. The third-order valence-electron chi connectivity index (χ3n) is 8.30. The molecule has 1 aromatic carbocycles. The Morgan fingerprint density at radius 2 is 1.69 bits per heavy atom. The molecule has 1 aliphatic heterocycles. The van der Waals surface area contributed by atoms with E-state index in [0.29, 0.717) is 29.8 Å². The van der Waals surface area contributed by atoms with Gasteiger partial charge in [0, 0.05) is 5.57 Å². The van der Waals surface area contributed by atoms with Gasteiger partial charge in [-0.1, -0.05) is 18.7 Å². The predicted molar refractivity (Wildman–Crippen MR) is 130 cm³/mol. The Labute approximate surface area is 211 Å². The summed E-state index contributed by atoms with van der Waals surface area (Å²) in [6, 6.07) is 7.40. The van der Waals surface area contributed by atoms with Gasteiger partial charge in [-0.25, -0.2) is 4.89 Å². The first-order valence-electron chi connectivity index (χ1n) is 13.0. The molecule has 1 atom stereocenters. The van der Waals surface area contributed by atoms with E-state index in [9.17, 15) is 9.59 Å². The summed E-state index contributed by atoms with van der Waals surface area (Å²) in [5.41, 5.74) is 0.458. The number of aliphatic carboxylic acids is 1. The maximum Gasteiger partial charge on any atom is 0.306 e. The maximum atomic E-state index is 11.7. The van der Waals surface area contributed by atoms with Crippen molar-refractivity contribution in [3.63, 3.8) is 0 Å². The van der Waals surface area contributed by atoms with E-state index in [4.69, 9.17) is 29.1 Å². The highest BCUT2D eigenvalue weighted by Crippen LogP contribution is 2.60. The molecule has 1 N–H and O–H groups in total. The molecule has 1 unspecified atom stereocenters. The molecule has 5 fully saturated rings. The molecular weight excluding hydrogens is 464 g/mol. The topological polar surface area (TPSA) is 101 Å². The quantitative estimate of drug-likeness (QED) is 0.383. The van der Waals surface area contributed by atoms with Crippen LogP contribution in [0.1, 0.15) is 64.4 Å². The maximum absolute atomic E-state index is 11.7. The van der Waals surface area contributed by atoms with E-state index in [1.807, 2.05) is 24.3 Å². The van der Waals surface area contributed by atoms with Crippen LogP contribution in [-0.4, -0.2) is 47.8 Å². The van der Waals surface area contributed by atoms with Crippen LogP contribution in [0.2, 0.25) is 0 Å². The monoisotopic (exact) mass is 500 g/mol. The number of hydrogen-bond donors (Lipinski definition) is 1. The normalized spacial score (nSPS) is 32.9. The molecule has 6 rings (SSSR count). The SMILES string of the molecule is C=C(c1ccc(OC(C)(C)COC(=O)CCC(=O)O)cc1)C1OCC2(OO1)C1CC3CC(C1)CC2C3. The minimum Gasteiger partial charge on any atom is -0.484 e. The zero-order valence-corrected chi connectivity index (χ0v) is 21.1. The fourth-order valence-electron chi connectivity index (χ4n) is 6.66. The summed E-state index contributed by atoms with van der Waals surface area (Å²) in [5.74, 6) is 1.76. The van der Waals surface area contributed by atoms with Crippen molar-refractivity contribution in [3.8, 4) is 5.75 Å². The van der Waals surface area contributed by atoms with Gasteiger partial charge < -0.3 is 19.3 Å². The van der Waals surface area contributed by atoms with Gasteiger partial charge in [0.25, 0.3) is 0 Å². The molecule has 5 aliphatic rings. The van der Waals surface area contributed by atoms with Crippen LogP contribution in [0, 0.1) is 23.7 Å². The Morgan fingerprint density at radius 1 is 1.06 bits per heavy atom. The molecule has 0 amide bonds. The third kappa shape index (κ3) is 5.17. The second-order valence-corrected chi connectivity index (χ2v) is 11.5. The molecule has 1 aromatic rings. The van der Waals surface area contributed by atoms with E-state index in [1.165, 1.54) is 32.1 Å². The first-order valence-corrected chi connectivity index (χ1v) is 13.0. The molecular formula is C28H36O8. The number of ether oxygens (including phenoxy) is 3. The van der Waals surface area contributed by atoms with E-state index in [1.54, 1.807) is 13.8 Å². The van der Waals surface area contributed by atoms with E-state index in [0.717, 1.165) is 17.4 Å². The lowest BCUT2D eigenvalue weighted by atomic mass is 9.50. The van der Waals surface area contributed by atoms with Crippen LogP contribution in [0.25, 0.3) is 5.57 Å². The minimum atomic E-state index is -1.04. The van der Waals surface area contributed by atoms with E-state index in [-0.39, 0.29) is 25.0 Å². The van der Waals surface area contributed by atoms with Crippen LogP contribution in [0.3, 0.4) is 0 Å². The molecule has 1 heterocycles. The second-order valence-electron chi connectivity index (χ2n) is 11.5. The van der Waals surface area contributed by atoms with Crippen LogP contribution in [0.5, 0.6) is 5.75 Å². The van der Waals surface area contributed by atoms with E-state index in [2.05, 4.69) is 6.58 Å². The highest BCUT2D eigenvalue weighted by Gasteiger charge is 2.61. The van der Waals surface area contributed by atoms with Crippen molar-refractivity contribution in [3.05, 3.63) is 36.4 Å². The molecule has 1 spiro atoms. The number of benzene rings is 1. The van der Waals surface area contributed by atoms with Gasteiger partial charge in [-0.2, -0.15) is 4.89 Å². The zero-order valence-electron chi connectivity index (χ0n) is 21.1. The van der Waals surface area contributed by atoms with Gasteiger partial charge in [0.1, 0.15) is 23.6 Å². The summed E-state index contributed by atoms with van der Waals surface area (Å²) < 4.78 is 17.4. The Hall–Kier alpha value is -2.42. The number of carbonyl (C=O) groups excluding carboxylic acids is 1. The fraction of sp³-hybridized carbons (Fsp3) is 0.643. The average molecular weight is 501 g/mol. The largest absolute Gasteiger partial charge is 0.484 e. The molecule has 0 aromatic heterocycles. The molecule has 36 heavy (non-hydrogen) atoms. The van der Waals surface area contributed by atoms with Crippen LogP contribution in [0.15, 0.2) is 30.8 Å². The third-order valence-corrected chi connectivity index (χ3v) is 8.30. The number of esters is 1. The molecule has 196 valence electrons. The van der Waals surface area contributed by atoms with Gasteiger partial charge in [0.2, 0.25) is 6.29 Å². The van der Waals surface area contributed by atoms with Crippen molar-refractivity contribution in [2.45, 2.75) is 76.3 Å². The summed E-state index contributed by atoms with van der Waals surface area (Å²) in [7, 11) is 0. The van der Waals surface area contributed by atoms with Gasteiger partial charge in [-0.05, 0) is 87.3 Å². The standard InChI is InChI=1S/C28H36O8/c1-17(26-33-16-28(36-35-26)21-11-18-10-19(13-21)14-22(28)12-18)20-4-6-23(7-5-20)34-27(2,3)15-32-25(31)9-8-24(29)30/h4-7,18-19,21-22,26H,1,8-16H2,2-3H3,(H,29,30). The molecule has 0 radical (unpaired) electrons. The first kappa shape index (κ1) is 25.2. The van der Waals surface area contributed by atoms with Gasteiger partial charge in [-0.3, -0.25) is 9.59 Å². The summed E-state index contributed by atoms with van der Waals surface area (Å²) in [6.07, 6.45) is 5.22. The Balaban J connectivity index is 1.12. The summed E-state index contributed by atoms with van der Waals surface area (Å²) in [6.45, 7) is 8.33. The van der Waals surface area contributed by atoms with Crippen molar-refractivity contribution in [1.82, 2.24) is 0 Å². The van der Waals surface area contributed by atoms with Gasteiger partial charge in [-0.15, -0.1) is 0 Å². The zero-order chi connectivity index (χ0) is 25.5. The highest BCUT2D eigenvalue weighted by molar-refractivity contribution is 5.76. The summed E-state index contributed by atoms with van der Waals surface area (Å²) in [4.78, 5) is 34.3. The molecule has 4 aliphatic carbocycles. The highest BCUT2D eigenvalue weighted by atomic mass is 17.2. The first-order chi connectivity index (χ1) is 17.1. The summed E-state index contributed by atoms with van der Waals surface area (Å²) >= 11 is 0. The van der Waals surface area contributed by atoms with E-state index >= 15 is 0 Å². The number of carbonyl (C=O) groups is 2. The van der Waals surface area contributed by atoms with Crippen molar-refractivity contribution in [2.24, 2.45) is 23.7 Å². The number of carboxylic acid groups (broad SMARTS) is 1. The number of hydrogen-bond acceptors (Lipinski definition) is 7. The van der Waals surface area contributed by atoms with Crippen molar-refractivity contribution in [2.75, 3.05) is 13.2 Å². The van der Waals surface area contributed by atoms with Crippen LogP contribution in [0.4, 0.5) is 0 Å². The van der Waals surface area contributed by atoms with Crippen LogP contribution >= 0.6 is 0 Å². The second kappa shape index (κ2) is 9.80. The number of rotatable bonds is 9. The Morgan fingerprint density at radius 3 is 2.25 bits per heavy atom. The smallest absolute Gasteiger partial charge is 0.306 e. The van der Waals surface area contributed by atoms with Gasteiger partial charge >= 0.3 is 11.9 Å². The average Bonchev–Trinajstić information content (AvgIpc) is 2.84.